The Morgan fingerprint density at radius 2 is 1.12 bits per heavy atom. The van der Waals surface area contributed by atoms with Gasteiger partial charge in [-0.3, -0.25) is 4.57 Å². The number of fused-ring (bicyclic) bond motifs is 10. The van der Waals surface area contributed by atoms with Crippen LogP contribution < -0.4 is 9.64 Å². The molecule has 0 bridgehead atoms. The Kier molecular flexibility index (Phi) is 8.07. The first-order valence-electron chi connectivity index (χ1n) is 30.0. The summed E-state index contributed by atoms with van der Waals surface area (Å²) in [4.78, 5) is 7.04. The first kappa shape index (κ1) is 34.4. The lowest BCUT2D eigenvalue weighted by atomic mass is 9.78. The molecule has 11 aromatic rings. The van der Waals surface area contributed by atoms with Crippen molar-refractivity contribution in [1.82, 2.24) is 14.1 Å². The molecule has 5 heteroatoms. The molecular formula is C67H62N4O. The van der Waals surface area contributed by atoms with Gasteiger partial charge in [0.1, 0.15) is 24.0 Å². The van der Waals surface area contributed by atoms with Gasteiger partial charge in [-0.2, -0.15) is 0 Å². The van der Waals surface area contributed by atoms with Crippen molar-refractivity contribution in [2.75, 3.05) is 4.90 Å². The SMILES string of the molecule is [2H]C([2H])([2H])C(c1cc(-c2cccc3c4ccccc4c4ccccc4c4cccc5c4n(c23)CN5c2cccc(Oc3ccc4c5ccccc5n(-c5cc(C([2H])([2H])C(C)(C)C)ccn5)c4c3)c2)cc(C(C)(C)C)c1)(C([2H])([2H])[2H])C([2H])([2H])[2H]. The fourth-order valence-corrected chi connectivity index (χ4v) is 10.7. The van der Waals surface area contributed by atoms with E-state index in [2.05, 4.69) is 68.6 Å². The molecule has 72 heavy (non-hydrogen) atoms. The number of anilines is 2. The van der Waals surface area contributed by atoms with Crippen LogP contribution in [0.25, 0.3) is 82.1 Å². The van der Waals surface area contributed by atoms with E-state index in [-0.39, 0.29) is 12.2 Å². The Labute approximate surface area is 438 Å². The molecule has 0 spiro atoms. The van der Waals surface area contributed by atoms with Crippen LogP contribution in [-0.2, 0) is 23.9 Å². The molecule has 1 aliphatic heterocycles. The molecule has 0 atom stereocenters. The highest BCUT2D eigenvalue weighted by molar-refractivity contribution is 6.22. The Bertz CT molecular complexity index is 4460. The fraction of sp³-hybridized carbons (Fsp3) is 0.209. The monoisotopic (exact) mass is 950 g/mol. The van der Waals surface area contributed by atoms with E-state index >= 15 is 0 Å². The molecule has 0 aliphatic carbocycles. The summed E-state index contributed by atoms with van der Waals surface area (Å²) in [6.45, 7) is 1.37. The largest absolute Gasteiger partial charge is 0.457 e. The molecule has 0 saturated heterocycles. The van der Waals surface area contributed by atoms with Crippen molar-refractivity contribution in [3.05, 3.63) is 205 Å². The number of benzene rings is 8. The van der Waals surface area contributed by atoms with Gasteiger partial charge in [-0.15, -0.1) is 0 Å². The van der Waals surface area contributed by atoms with Gasteiger partial charge < -0.3 is 14.2 Å². The average molecular weight is 950 g/mol. The summed E-state index contributed by atoms with van der Waals surface area (Å²) in [7, 11) is 0. The first-order valence-corrected chi connectivity index (χ1v) is 24.5. The Balaban J connectivity index is 1.07. The second-order valence-electron chi connectivity index (χ2n) is 21.2. The van der Waals surface area contributed by atoms with E-state index in [0.29, 0.717) is 39.6 Å². The van der Waals surface area contributed by atoms with Crippen LogP contribution in [0.1, 0.15) is 93.9 Å². The predicted molar refractivity (Wildman–Crippen MR) is 305 cm³/mol. The van der Waals surface area contributed by atoms with Gasteiger partial charge in [0.2, 0.25) is 0 Å². The molecular weight excluding hydrogens is 877 g/mol. The number of aromatic nitrogens is 3. The number of hydrogen-bond donors (Lipinski definition) is 0. The fourth-order valence-electron chi connectivity index (χ4n) is 10.7. The van der Waals surface area contributed by atoms with Gasteiger partial charge in [0.25, 0.3) is 0 Å². The van der Waals surface area contributed by atoms with Gasteiger partial charge >= 0.3 is 0 Å². The lowest BCUT2D eigenvalue weighted by molar-refractivity contribution is 0.411. The van der Waals surface area contributed by atoms with E-state index < -0.39 is 43.2 Å². The molecule has 4 heterocycles. The van der Waals surface area contributed by atoms with Crippen LogP contribution >= 0.6 is 0 Å². The van der Waals surface area contributed by atoms with Crippen molar-refractivity contribution in [3.8, 4) is 28.4 Å². The van der Waals surface area contributed by atoms with E-state index in [1.54, 1.807) is 12.3 Å². The summed E-state index contributed by atoms with van der Waals surface area (Å²) >= 11 is 0. The number of pyridine rings is 1. The molecule has 0 unspecified atom stereocenters. The summed E-state index contributed by atoms with van der Waals surface area (Å²) in [6, 6.07) is 59.4. The Hall–Kier alpha value is -7.89. The van der Waals surface area contributed by atoms with E-state index in [4.69, 9.17) is 24.8 Å². The van der Waals surface area contributed by atoms with Crippen molar-refractivity contribution < 1.29 is 19.8 Å². The van der Waals surface area contributed by atoms with Crippen molar-refractivity contribution in [3.63, 3.8) is 0 Å². The minimum Gasteiger partial charge on any atom is -0.457 e. The Morgan fingerprint density at radius 3 is 1.82 bits per heavy atom. The molecule has 0 amide bonds. The molecule has 356 valence electrons. The summed E-state index contributed by atoms with van der Waals surface area (Å²) in [5.74, 6) is 1.75. The summed E-state index contributed by atoms with van der Waals surface area (Å²) in [5.41, 5.74) is 2.48. The predicted octanol–water partition coefficient (Wildman–Crippen LogP) is 18.5. The summed E-state index contributed by atoms with van der Waals surface area (Å²) in [6.07, 6.45) is 0.0292. The molecule has 5 nitrogen and oxygen atoms in total. The van der Waals surface area contributed by atoms with E-state index in [1.165, 1.54) is 12.1 Å². The molecule has 1 aliphatic rings. The van der Waals surface area contributed by atoms with E-state index in [9.17, 15) is 0 Å². The Morgan fingerprint density at radius 1 is 0.528 bits per heavy atom. The van der Waals surface area contributed by atoms with Gasteiger partial charge in [-0.1, -0.05) is 183 Å². The lowest BCUT2D eigenvalue weighted by Gasteiger charge is -2.27. The normalized spacial score (nSPS) is 16.0. The first-order chi connectivity index (χ1) is 39.1. The highest BCUT2D eigenvalue weighted by Gasteiger charge is 2.27. The third kappa shape index (κ3) is 7.92. The van der Waals surface area contributed by atoms with Gasteiger partial charge in [-0.25, -0.2) is 4.98 Å². The third-order valence-corrected chi connectivity index (χ3v) is 13.9. The lowest BCUT2D eigenvalue weighted by Crippen LogP contribution is -2.17. The van der Waals surface area contributed by atoms with Gasteiger partial charge in [-0.05, 0) is 115 Å². The zero-order valence-electron chi connectivity index (χ0n) is 52.3. The highest BCUT2D eigenvalue weighted by atomic mass is 16.5. The number of rotatable bonds is 6. The van der Waals surface area contributed by atoms with Gasteiger partial charge in [0.15, 0.2) is 0 Å². The minimum atomic E-state index is -3.48. The average Bonchev–Trinajstić information content (AvgIpc) is 1.48. The number of nitrogens with zero attached hydrogens (tertiary/aromatic N) is 4. The van der Waals surface area contributed by atoms with Crippen molar-refractivity contribution in [2.45, 2.75) is 86.0 Å². The smallest absolute Gasteiger partial charge is 0.137 e. The molecule has 12 rings (SSSR count). The summed E-state index contributed by atoms with van der Waals surface area (Å²) in [5, 5.41) is 7.76. The maximum Gasteiger partial charge on any atom is 0.137 e. The maximum atomic E-state index is 9.10. The minimum absolute atomic E-state index is 0.283. The number of para-hydroxylation sites is 3. The zero-order valence-corrected chi connectivity index (χ0v) is 41.3. The molecule has 8 aromatic carbocycles. The molecule has 0 N–H and O–H groups in total. The van der Waals surface area contributed by atoms with Crippen LogP contribution in [-0.4, -0.2) is 14.1 Å². The van der Waals surface area contributed by atoms with Crippen molar-refractivity contribution in [2.24, 2.45) is 5.41 Å². The number of ether oxygens (including phenoxy) is 1. The quantitative estimate of drug-likeness (QED) is 0.167. The second-order valence-corrected chi connectivity index (χ2v) is 21.2. The third-order valence-electron chi connectivity index (χ3n) is 13.9. The van der Waals surface area contributed by atoms with Crippen molar-refractivity contribution >= 4 is 76.5 Å². The van der Waals surface area contributed by atoms with Crippen molar-refractivity contribution in [1.29, 1.82) is 0 Å². The van der Waals surface area contributed by atoms with Gasteiger partial charge in [0, 0.05) is 66.2 Å². The summed E-state index contributed by atoms with van der Waals surface area (Å²) < 4.78 is 109. The van der Waals surface area contributed by atoms with Crippen LogP contribution in [0, 0.1) is 5.41 Å². The standard InChI is InChI=1S/C67H62N4O/c1-65(2,3)41-43-33-34-68-62(35-43)71-59-29-15-14-25-55(59)56-32-31-49(40-61(56)71)72-48-20-16-19-47(39-48)69-42-70-63-50(44-36-45(66(4,5)6)38-46(37-44)67(7,8)9)26-17-27-57(63)53-23-12-10-21-51(53)52-22-11-13-24-54(52)58-28-18-30-60(69)64(58)70/h10-40H,41-42H2,1-9H3/i4D3,5D3,6D3,41D2. The second kappa shape index (κ2) is 16.9. The molecule has 0 saturated carbocycles. The van der Waals surface area contributed by atoms with Crippen LogP contribution in [0.15, 0.2) is 188 Å². The molecule has 0 radical (unpaired) electrons. The van der Waals surface area contributed by atoms with Gasteiger partial charge in [0.05, 0.1) is 27.8 Å². The van der Waals surface area contributed by atoms with Crippen LogP contribution in [0.3, 0.4) is 0 Å². The zero-order chi connectivity index (χ0) is 59.0. The van der Waals surface area contributed by atoms with E-state index in [1.807, 2.05) is 151 Å². The van der Waals surface area contributed by atoms with Crippen LogP contribution in [0.4, 0.5) is 11.4 Å². The van der Waals surface area contributed by atoms with Crippen LogP contribution in [0.2, 0.25) is 0 Å². The van der Waals surface area contributed by atoms with Crippen LogP contribution in [0.5, 0.6) is 11.5 Å². The highest BCUT2D eigenvalue weighted by Crippen LogP contribution is 2.46. The maximum absolute atomic E-state index is 9.10. The van der Waals surface area contributed by atoms with E-state index in [0.717, 1.165) is 76.5 Å². The molecule has 0 fully saturated rings. The molecule has 3 aromatic heterocycles. The number of hydrogen-bond acceptors (Lipinski definition) is 3. The topological polar surface area (TPSA) is 35.2 Å².